The van der Waals surface area contributed by atoms with E-state index in [1.54, 1.807) is 4.68 Å². The first-order valence-electron chi connectivity index (χ1n) is 10.7. The second-order valence-electron chi connectivity index (χ2n) is 7.91. The van der Waals surface area contributed by atoms with E-state index in [0.717, 1.165) is 24.1 Å². The molecule has 0 radical (unpaired) electrons. The van der Waals surface area contributed by atoms with Gasteiger partial charge in [0.2, 0.25) is 5.91 Å². The van der Waals surface area contributed by atoms with Crippen molar-refractivity contribution < 1.29 is 14.3 Å². The van der Waals surface area contributed by atoms with Crippen molar-refractivity contribution in [1.29, 1.82) is 0 Å². The molecule has 0 aliphatic carbocycles. The summed E-state index contributed by atoms with van der Waals surface area (Å²) in [7, 11) is 0. The molecule has 1 aromatic carbocycles. The largest absolute Gasteiger partial charge is 0.466 e. The number of carbonyl (C=O) groups excluding carboxylic acids is 2. The van der Waals surface area contributed by atoms with Crippen molar-refractivity contribution in [3.63, 3.8) is 0 Å². The predicted octanol–water partition coefficient (Wildman–Crippen LogP) is 3.86. The van der Waals surface area contributed by atoms with Crippen molar-refractivity contribution in [2.45, 2.75) is 46.1 Å². The van der Waals surface area contributed by atoms with Crippen molar-refractivity contribution in [2.24, 2.45) is 5.41 Å². The predicted molar refractivity (Wildman–Crippen MR) is 117 cm³/mol. The molecule has 0 bridgehead atoms. The lowest BCUT2D eigenvalue weighted by Gasteiger charge is -2.40. The number of likely N-dealkylation sites (tertiary alicyclic amines) is 1. The van der Waals surface area contributed by atoms with Crippen LogP contribution >= 0.6 is 0 Å². The standard InChI is InChI=1S/C24H31N3O3/c1-3-30-23(29)24(14-7-11-21-9-5-4-6-10-21)15-8-16-26(19-24)22(28)13-18-27-17-12-20(2)25-27/h4-7,9-12,17H,3,8,13-16,18-19H2,1-2H3/b11-7+. The molecule has 0 saturated carbocycles. The highest BCUT2D eigenvalue weighted by atomic mass is 16.5. The molecule has 2 heterocycles. The normalized spacial score (nSPS) is 19.2. The molecule has 1 saturated heterocycles. The number of carbonyl (C=O) groups is 2. The molecule has 6 heteroatoms. The summed E-state index contributed by atoms with van der Waals surface area (Å²) in [4.78, 5) is 27.6. The zero-order valence-corrected chi connectivity index (χ0v) is 17.9. The molecule has 3 rings (SSSR count). The van der Waals surface area contributed by atoms with E-state index in [0.29, 0.717) is 39.1 Å². The maximum atomic E-state index is 12.9. The van der Waals surface area contributed by atoms with Crippen LogP contribution in [0.2, 0.25) is 0 Å². The number of piperidine rings is 1. The zero-order chi connectivity index (χ0) is 21.4. The van der Waals surface area contributed by atoms with Gasteiger partial charge in [-0.25, -0.2) is 0 Å². The van der Waals surface area contributed by atoms with Crippen LogP contribution in [0.5, 0.6) is 0 Å². The van der Waals surface area contributed by atoms with Crippen molar-refractivity contribution in [2.75, 3.05) is 19.7 Å². The van der Waals surface area contributed by atoms with E-state index in [4.69, 9.17) is 4.74 Å². The number of ether oxygens (including phenoxy) is 1. The van der Waals surface area contributed by atoms with Crippen LogP contribution in [0.25, 0.3) is 6.08 Å². The van der Waals surface area contributed by atoms with E-state index >= 15 is 0 Å². The molecular formula is C24H31N3O3. The van der Waals surface area contributed by atoms with Gasteiger partial charge in [0.25, 0.3) is 0 Å². The minimum atomic E-state index is -0.683. The highest BCUT2D eigenvalue weighted by Crippen LogP contribution is 2.36. The summed E-state index contributed by atoms with van der Waals surface area (Å²) in [6.07, 6.45) is 8.41. The molecule has 1 aromatic heterocycles. The van der Waals surface area contributed by atoms with Gasteiger partial charge >= 0.3 is 5.97 Å². The van der Waals surface area contributed by atoms with Crippen LogP contribution in [0, 0.1) is 12.3 Å². The van der Waals surface area contributed by atoms with Crippen LogP contribution in [-0.2, 0) is 20.9 Å². The van der Waals surface area contributed by atoms with Crippen LogP contribution in [0.3, 0.4) is 0 Å². The lowest BCUT2D eigenvalue weighted by Crippen LogP contribution is -2.50. The maximum Gasteiger partial charge on any atom is 0.314 e. The average molecular weight is 410 g/mol. The number of aromatic nitrogens is 2. The highest BCUT2D eigenvalue weighted by molar-refractivity contribution is 5.81. The summed E-state index contributed by atoms with van der Waals surface area (Å²) in [5.41, 5.74) is 1.35. The summed E-state index contributed by atoms with van der Waals surface area (Å²) in [6.45, 7) is 5.73. The number of rotatable bonds is 8. The van der Waals surface area contributed by atoms with Gasteiger partial charge in [-0.1, -0.05) is 42.5 Å². The maximum absolute atomic E-state index is 12.9. The van der Waals surface area contributed by atoms with Crippen LogP contribution in [-0.4, -0.2) is 46.3 Å². The lowest BCUT2D eigenvalue weighted by atomic mass is 9.76. The number of hydrogen-bond donors (Lipinski definition) is 0. The molecule has 1 unspecified atom stereocenters. The van der Waals surface area contributed by atoms with Gasteiger partial charge < -0.3 is 9.64 Å². The number of allylic oxidation sites excluding steroid dienone is 1. The van der Waals surface area contributed by atoms with E-state index in [-0.39, 0.29) is 11.9 Å². The van der Waals surface area contributed by atoms with E-state index in [1.807, 2.05) is 73.5 Å². The number of hydrogen-bond acceptors (Lipinski definition) is 4. The van der Waals surface area contributed by atoms with Gasteiger partial charge in [0.05, 0.1) is 17.7 Å². The Morgan fingerprint density at radius 2 is 2.03 bits per heavy atom. The zero-order valence-electron chi connectivity index (χ0n) is 17.9. The van der Waals surface area contributed by atoms with Crippen LogP contribution < -0.4 is 0 Å². The number of nitrogens with zero attached hydrogens (tertiary/aromatic N) is 3. The molecule has 30 heavy (non-hydrogen) atoms. The molecule has 1 amide bonds. The van der Waals surface area contributed by atoms with Crippen molar-refractivity contribution in [1.82, 2.24) is 14.7 Å². The Kier molecular flexibility index (Phi) is 7.44. The van der Waals surface area contributed by atoms with Crippen LogP contribution in [0.1, 0.15) is 43.9 Å². The Labute approximate surface area is 178 Å². The molecular weight excluding hydrogens is 378 g/mol. The van der Waals surface area contributed by atoms with Crippen molar-refractivity contribution >= 4 is 18.0 Å². The molecule has 1 aliphatic heterocycles. The fraction of sp³-hybridized carbons (Fsp3) is 0.458. The smallest absolute Gasteiger partial charge is 0.314 e. The topological polar surface area (TPSA) is 64.4 Å². The van der Waals surface area contributed by atoms with Gasteiger partial charge in [-0.05, 0) is 44.7 Å². The Morgan fingerprint density at radius 1 is 1.23 bits per heavy atom. The highest BCUT2D eigenvalue weighted by Gasteiger charge is 2.43. The van der Waals surface area contributed by atoms with E-state index in [9.17, 15) is 9.59 Å². The summed E-state index contributed by atoms with van der Waals surface area (Å²) in [5, 5.41) is 4.34. The van der Waals surface area contributed by atoms with Crippen molar-refractivity contribution in [3.05, 3.63) is 59.9 Å². The fourth-order valence-corrected chi connectivity index (χ4v) is 3.99. The quantitative estimate of drug-likeness (QED) is 0.621. The third-order valence-electron chi connectivity index (χ3n) is 5.59. The van der Waals surface area contributed by atoms with Gasteiger partial charge in [0, 0.05) is 32.3 Å². The summed E-state index contributed by atoms with van der Waals surface area (Å²) < 4.78 is 7.21. The summed E-state index contributed by atoms with van der Waals surface area (Å²) in [6, 6.07) is 11.9. The van der Waals surface area contributed by atoms with Crippen LogP contribution in [0.4, 0.5) is 0 Å². The first-order chi connectivity index (χ1) is 14.5. The average Bonchev–Trinajstić information content (AvgIpc) is 3.18. The van der Waals surface area contributed by atoms with E-state index < -0.39 is 5.41 Å². The van der Waals surface area contributed by atoms with Gasteiger partial charge in [-0.2, -0.15) is 5.10 Å². The summed E-state index contributed by atoms with van der Waals surface area (Å²) in [5.74, 6) is -0.147. The summed E-state index contributed by atoms with van der Waals surface area (Å²) >= 11 is 0. The SMILES string of the molecule is CCOC(=O)C1(C/C=C/c2ccccc2)CCCN(C(=O)CCn2ccc(C)n2)C1. The van der Waals surface area contributed by atoms with Crippen molar-refractivity contribution in [3.8, 4) is 0 Å². The van der Waals surface area contributed by atoms with Gasteiger partial charge in [-0.15, -0.1) is 0 Å². The first-order valence-corrected chi connectivity index (χ1v) is 10.7. The number of esters is 1. The molecule has 1 atom stereocenters. The Hall–Kier alpha value is -2.89. The Balaban J connectivity index is 1.67. The molecule has 1 fully saturated rings. The molecule has 6 nitrogen and oxygen atoms in total. The van der Waals surface area contributed by atoms with E-state index in [2.05, 4.69) is 5.10 Å². The second-order valence-corrected chi connectivity index (χ2v) is 7.91. The fourth-order valence-electron chi connectivity index (χ4n) is 3.99. The molecule has 2 aromatic rings. The molecule has 160 valence electrons. The van der Waals surface area contributed by atoms with Gasteiger partial charge in [0.15, 0.2) is 0 Å². The minimum absolute atomic E-state index is 0.0589. The van der Waals surface area contributed by atoms with E-state index in [1.165, 1.54) is 0 Å². The first kappa shape index (κ1) is 21.8. The molecule has 0 spiro atoms. The third-order valence-corrected chi connectivity index (χ3v) is 5.59. The monoisotopic (exact) mass is 409 g/mol. The number of aryl methyl sites for hydroxylation is 2. The van der Waals surface area contributed by atoms with Gasteiger partial charge in [-0.3, -0.25) is 14.3 Å². The second kappa shape index (κ2) is 10.2. The Morgan fingerprint density at radius 3 is 2.73 bits per heavy atom. The van der Waals surface area contributed by atoms with Crippen LogP contribution in [0.15, 0.2) is 48.7 Å². The minimum Gasteiger partial charge on any atom is -0.466 e. The molecule has 0 N–H and O–H groups in total. The third kappa shape index (κ3) is 5.59. The Bertz CT molecular complexity index is 875. The molecule has 1 aliphatic rings. The van der Waals surface area contributed by atoms with Gasteiger partial charge in [0.1, 0.15) is 0 Å². The number of amides is 1. The lowest BCUT2D eigenvalue weighted by molar-refractivity contribution is -0.160. The number of benzene rings is 1.